The molecule has 2 heterocycles. The normalized spacial score (nSPS) is 20.0. The number of carbonyl (C=O) groups excluding carboxylic acids is 1. The van der Waals surface area contributed by atoms with Gasteiger partial charge < -0.3 is 4.84 Å². The van der Waals surface area contributed by atoms with Crippen molar-refractivity contribution < 1.29 is 14.0 Å². The van der Waals surface area contributed by atoms with Gasteiger partial charge in [-0.25, -0.2) is 4.39 Å². The van der Waals surface area contributed by atoms with Crippen LogP contribution in [0.3, 0.4) is 0 Å². The number of rotatable bonds is 4. The fraction of sp³-hybridized carbons (Fsp3) is 0.333. The summed E-state index contributed by atoms with van der Waals surface area (Å²) in [6, 6.07) is 5.92. The molecule has 6 nitrogen and oxygen atoms in total. The molecule has 1 atom stereocenters. The van der Waals surface area contributed by atoms with E-state index in [2.05, 4.69) is 20.7 Å². The molecule has 0 radical (unpaired) electrons. The number of nitrogens with zero attached hydrogens (tertiary/aromatic N) is 3. The minimum absolute atomic E-state index is 0.296. The van der Waals surface area contributed by atoms with Gasteiger partial charge >= 0.3 is 0 Å². The number of carbonyl (C=O) groups is 1. The van der Waals surface area contributed by atoms with E-state index in [1.165, 1.54) is 23.5 Å². The van der Waals surface area contributed by atoms with Gasteiger partial charge in [-0.2, -0.15) is 0 Å². The minimum atomic E-state index is -1.12. The van der Waals surface area contributed by atoms with Crippen molar-refractivity contribution in [1.29, 1.82) is 0 Å². The predicted octanol–water partition coefficient (Wildman–Crippen LogP) is 2.76. The topological polar surface area (TPSA) is 76.5 Å². The summed E-state index contributed by atoms with van der Waals surface area (Å²) in [5.74, 6) is -0.658. The molecule has 0 fully saturated rings. The number of amides is 1. The van der Waals surface area contributed by atoms with Crippen molar-refractivity contribution in [3.05, 3.63) is 40.7 Å². The van der Waals surface area contributed by atoms with E-state index in [-0.39, 0.29) is 11.7 Å². The Morgan fingerprint density at radius 1 is 1.39 bits per heavy atom. The Bertz CT molecular complexity index is 759. The highest BCUT2D eigenvalue weighted by Crippen LogP contribution is 2.28. The van der Waals surface area contributed by atoms with Crippen LogP contribution in [0.2, 0.25) is 0 Å². The standard InChI is InChI=1S/C15H15FN4O2S/c1-3-12-18-19-14(23-12)17-13(21)15(2)8-11(20-22-15)9-4-6-10(16)7-5-9/h4-7H,3,8H2,1-2H3,(H,17,19,21)/t15-/m1/s1. The maximum atomic E-state index is 13.0. The van der Waals surface area contributed by atoms with Crippen LogP contribution in [0.1, 0.15) is 30.8 Å². The van der Waals surface area contributed by atoms with Crippen LogP contribution in [0.4, 0.5) is 9.52 Å². The largest absolute Gasteiger partial charge is 0.379 e. The summed E-state index contributed by atoms with van der Waals surface area (Å²) in [4.78, 5) is 17.8. The van der Waals surface area contributed by atoms with Crippen LogP contribution in [-0.4, -0.2) is 27.4 Å². The Morgan fingerprint density at radius 3 is 2.78 bits per heavy atom. The molecule has 3 rings (SSSR count). The zero-order chi connectivity index (χ0) is 16.4. The van der Waals surface area contributed by atoms with E-state index in [1.54, 1.807) is 19.1 Å². The molecular weight excluding hydrogens is 319 g/mol. The summed E-state index contributed by atoms with van der Waals surface area (Å²) in [6.07, 6.45) is 1.06. The van der Waals surface area contributed by atoms with Crippen LogP contribution in [-0.2, 0) is 16.1 Å². The lowest BCUT2D eigenvalue weighted by atomic mass is 9.95. The average Bonchev–Trinajstić information content (AvgIpc) is 3.15. The molecule has 1 N–H and O–H groups in total. The van der Waals surface area contributed by atoms with E-state index in [0.717, 1.165) is 17.0 Å². The highest BCUT2D eigenvalue weighted by atomic mass is 32.1. The number of anilines is 1. The Balaban J connectivity index is 1.69. The van der Waals surface area contributed by atoms with Gasteiger partial charge in [0.05, 0.1) is 5.71 Å². The van der Waals surface area contributed by atoms with E-state index < -0.39 is 5.60 Å². The Hall–Kier alpha value is -2.35. The fourth-order valence-electron chi connectivity index (χ4n) is 2.14. The van der Waals surface area contributed by atoms with Gasteiger partial charge in [0.2, 0.25) is 10.7 Å². The lowest BCUT2D eigenvalue weighted by Crippen LogP contribution is -2.40. The van der Waals surface area contributed by atoms with E-state index in [4.69, 9.17) is 4.84 Å². The van der Waals surface area contributed by atoms with Gasteiger partial charge in [0, 0.05) is 6.42 Å². The molecule has 1 aromatic heterocycles. The number of hydrogen-bond donors (Lipinski definition) is 1. The monoisotopic (exact) mass is 334 g/mol. The summed E-state index contributed by atoms with van der Waals surface area (Å²) >= 11 is 1.33. The van der Waals surface area contributed by atoms with Crippen LogP contribution in [0.25, 0.3) is 0 Å². The first-order valence-corrected chi connectivity index (χ1v) is 7.96. The maximum Gasteiger partial charge on any atom is 0.273 e. The summed E-state index contributed by atoms with van der Waals surface area (Å²) in [6.45, 7) is 3.63. The summed E-state index contributed by atoms with van der Waals surface area (Å²) in [7, 11) is 0. The average molecular weight is 334 g/mol. The molecule has 8 heteroatoms. The number of hydrogen-bond acceptors (Lipinski definition) is 6. The molecule has 0 saturated carbocycles. The molecule has 0 aliphatic carbocycles. The molecule has 1 aliphatic heterocycles. The zero-order valence-electron chi connectivity index (χ0n) is 12.7. The van der Waals surface area contributed by atoms with Crippen molar-refractivity contribution in [3.63, 3.8) is 0 Å². The van der Waals surface area contributed by atoms with Gasteiger partial charge in [0.1, 0.15) is 10.8 Å². The molecule has 1 aromatic carbocycles. The van der Waals surface area contributed by atoms with E-state index >= 15 is 0 Å². The molecule has 0 unspecified atom stereocenters. The van der Waals surface area contributed by atoms with Crippen molar-refractivity contribution >= 4 is 28.1 Å². The van der Waals surface area contributed by atoms with Gasteiger partial charge in [-0.3, -0.25) is 10.1 Å². The number of benzene rings is 1. The maximum absolute atomic E-state index is 13.0. The molecule has 1 aliphatic rings. The lowest BCUT2D eigenvalue weighted by Gasteiger charge is -2.19. The summed E-state index contributed by atoms with van der Waals surface area (Å²) in [5, 5.41) is 15.8. The molecule has 1 amide bonds. The molecule has 120 valence electrons. The molecular formula is C15H15FN4O2S. The van der Waals surface area contributed by atoms with Crippen molar-refractivity contribution in [1.82, 2.24) is 10.2 Å². The molecule has 0 spiro atoms. The van der Waals surface area contributed by atoms with E-state index in [9.17, 15) is 9.18 Å². The number of aryl methyl sites for hydroxylation is 1. The predicted molar refractivity (Wildman–Crippen MR) is 85.0 cm³/mol. The Kier molecular flexibility index (Phi) is 4.08. The lowest BCUT2D eigenvalue weighted by molar-refractivity contribution is -0.135. The quantitative estimate of drug-likeness (QED) is 0.933. The van der Waals surface area contributed by atoms with Gasteiger partial charge in [0.15, 0.2) is 0 Å². The number of oxime groups is 1. The van der Waals surface area contributed by atoms with Gasteiger partial charge in [-0.15, -0.1) is 10.2 Å². The fourth-order valence-corrected chi connectivity index (χ4v) is 2.81. The van der Waals surface area contributed by atoms with Crippen molar-refractivity contribution in [3.8, 4) is 0 Å². The highest BCUT2D eigenvalue weighted by Gasteiger charge is 2.42. The van der Waals surface area contributed by atoms with Gasteiger partial charge in [-0.05, 0) is 31.0 Å². The number of nitrogens with one attached hydrogen (secondary N) is 1. The Morgan fingerprint density at radius 2 is 2.13 bits per heavy atom. The second kappa shape index (κ2) is 6.04. The first kappa shape index (κ1) is 15.5. The van der Waals surface area contributed by atoms with Gasteiger partial charge in [0.25, 0.3) is 5.91 Å². The van der Waals surface area contributed by atoms with Gasteiger partial charge in [-0.1, -0.05) is 35.5 Å². The zero-order valence-corrected chi connectivity index (χ0v) is 13.5. The smallest absolute Gasteiger partial charge is 0.273 e. The SMILES string of the molecule is CCc1nnc(NC(=O)[C@@]2(C)CC(c3ccc(F)cc3)=NO2)s1. The van der Waals surface area contributed by atoms with Crippen LogP contribution in [0.15, 0.2) is 29.4 Å². The molecule has 2 aromatic rings. The van der Waals surface area contributed by atoms with Crippen LogP contribution in [0, 0.1) is 5.82 Å². The Labute approximate surface area is 136 Å². The first-order valence-electron chi connectivity index (χ1n) is 7.15. The first-order chi connectivity index (χ1) is 11.0. The van der Waals surface area contributed by atoms with Crippen molar-refractivity contribution in [2.75, 3.05) is 5.32 Å². The molecule has 23 heavy (non-hydrogen) atoms. The highest BCUT2D eigenvalue weighted by molar-refractivity contribution is 7.15. The molecule has 0 bridgehead atoms. The third kappa shape index (κ3) is 3.21. The summed E-state index contributed by atoms with van der Waals surface area (Å²) in [5.41, 5.74) is 0.211. The van der Waals surface area contributed by atoms with Crippen molar-refractivity contribution in [2.24, 2.45) is 5.16 Å². The third-order valence-corrected chi connectivity index (χ3v) is 4.49. The number of aromatic nitrogens is 2. The number of halogens is 1. The third-order valence-electron chi connectivity index (χ3n) is 3.51. The second-order valence-electron chi connectivity index (χ2n) is 5.35. The van der Waals surface area contributed by atoms with Crippen LogP contribution >= 0.6 is 11.3 Å². The van der Waals surface area contributed by atoms with Crippen LogP contribution < -0.4 is 5.32 Å². The van der Waals surface area contributed by atoms with Crippen LogP contribution in [0.5, 0.6) is 0 Å². The van der Waals surface area contributed by atoms with E-state index in [1.807, 2.05) is 6.92 Å². The molecule has 0 saturated heterocycles. The van der Waals surface area contributed by atoms with E-state index in [0.29, 0.717) is 17.3 Å². The van der Waals surface area contributed by atoms with Crippen molar-refractivity contribution in [2.45, 2.75) is 32.3 Å². The minimum Gasteiger partial charge on any atom is -0.379 e. The second-order valence-corrected chi connectivity index (χ2v) is 6.41. The summed E-state index contributed by atoms with van der Waals surface area (Å²) < 4.78 is 13.0.